The third-order valence-electron chi connectivity index (χ3n) is 3.47. The van der Waals surface area contributed by atoms with E-state index in [1.807, 2.05) is 6.92 Å². The van der Waals surface area contributed by atoms with E-state index in [2.05, 4.69) is 20.7 Å². The molecular weight excluding hydrogens is 344 g/mol. The largest absolute Gasteiger partial charge is 0.398 e. The molecule has 0 unspecified atom stereocenters. The highest BCUT2D eigenvalue weighted by molar-refractivity contribution is 9.10. The van der Waals surface area contributed by atoms with Crippen LogP contribution in [0.4, 0.5) is 5.69 Å². The average Bonchev–Trinajstić information content (AvgIpc) is 2.31. The quantitative estimate of drug-likeness (QED) is 0.786. The van der Waals surface area contributed by atoms with Crippen molar-refractivity contribution in [3.05, 3.63) is 22.2 Å². The number of benzene rings is 1. The van der Waals surface area contributed by atoms with Gasteiger partial charge in [0, 0.05) is 22.8 Å². The number of nitrogens with one attached hydrogen (secondary N) is 1. The van der Waals surface area contributed by atoms with Crippen LogP contribution in [0, 0.1) is 6.92 Å². The van der Waals surface area contributed by atoms with Crippen molar-refractivity contribution in [1.29, 1.82) is 0 Å². The Balaban J connectivity index is 2.12. The predicted octanol–water partition coefficient (Wildman–Crippen LogP) is 2.19. The molecule has 1 aromatic carbocycles. The van der Waals surface area contributed by atoms with Gasteiger partial charge in [0.05, 0.1) is 11.0 Å². The molecule has 1 saturated carbocycles. The molecule has 0 aliphatic heterocycles. The van der Waals surface area contributed by atoms with E-state index in [0.717, 1.165) is 12.8 Å². The first kappa shape index (κ1) is 15.8. The van der Waals surface area contributed by atoms with Crippen molar-refractivity contribution in [3.63, 3.8) is 0 Å². The number of sulfonamides is 1. The minimum atomic E-state index is -3.55. The number of hydrogen-bond donors (Lipinski definition) is 2. The van der Waals surface area contributed by atoms with Crippen molar-refractivity contribution in [3.8, 4) is 0 Å². The number of halogens is 1. The second kappa shape index (κ2) is 6.01. The van der Waals surface area contributed by atoms with Crippen LogP contribution in [0.15, 0.2) is 21.5 Å². The van der Waals surface area contributed by atoms with Gasteiger partial charge in [0.1, 0.15) is 0 Å². The molecule has 1 aromatic rings. The molecule has 5 nitrogen and oxygen atoms in total. The van der Waals surface area contributed by atoms with Gasteiger partial charge in [-0.25, -0.2) is 13.1 Å². The van der Waals surface area contributed by atoms with Gasteiger partial charge in [-0.1, -0.05) is 15.9 Å². The molecule has 0 aromatic heterocycles. The SMILES string of the molecule is CCOC1CC(NS(=O)(=O)c2cc(Br)cc(N)c2C)C1. The third-order valence-corrected chi connectivity index (χ3v) is 5.58. The van der Waals surface area contributed by atoms with Crippen molar-refractivity contribution in [2.75, 3.05) is 12.3 Å². The Hall–Kier alpha value is -0.630. The van der Waals surface area contributed by atoms with Crippen molar-refractivity contribution in [2.24, 2.45) is 0 Å². The Bertz CT molecular complexity index is 598. The normalized spacial score (nSPS) is 22.6. The first-order valence-corrected chi connectivity index (χ1v) is 8.80. The fourth-order valence-corrected chi connectivity index (χ4v) is 4.46. The molecule has 0 spiro atoms. The predicted molar refractivity (Wildman–Crippen MR) is 82.0 cm³/mol. The zero-order chi connectivity index (χ0) is 14.9. The van der Waals surface area contributed by atoms with Gasteiger partial charge >= 0.3 is 0 Å². The van der Waals surface area contributed by atoms with E-state index in [1.165, 1.54) is 0 Å². The number of nitrogens with two attached hydrogens (primary N) is 1. The highest BCUT2D eigenvalue weighted by Crippen LogP contribution is 2.29. The summed E-state index contributed by atoms with van der Waals surface area (Å²) in [5.41, 5.74) is 6.84. The summed E-state index contributed by atoms with van der Waals surface area (Å²) in [4.78, 5) is 0.226. The average molecular weight is 363 g/mol. The smallest absolute Gasteiger partial charge is 0.241 e. The van der Waals surface area contributed by atoms with Gasteiger partial charge < -0.3 is 10.5 Å². The van der Waals surface area contributed by atoms with Crippen LogP contribution in [0.3, 0.4) is 0 Å². The van der Waals surface area contributed by atoms with Crippen LogP contribution in [-0.4, -0.2) is 27.2 Å². The maximum absolute atomic E-state index is 12.4. The maximum atomic E-state index is 12.4. The molecule has 7 heteroatoms. The molecule has 2 rings (SSSR count). The van der Waals surface area contributed by atoms with Crippen LogP contribution < -0.4 is 10.5 Å². The first-order valence-electron chi connectivity index (χ1n) is 6.53. The Morgan fingerprint density at radius 2 is 2.10 bits per heavy atom. The highest BCUT2D eigenvalue weighted by atomic mass is 79.9. The summed E-state index contributed by atoms with van der Waals surface area (Å²) in [5, 5.41) is 0. The summed E-state index contributed by atoms with van der Waals surface area (Å²) in [6.07, 6.45) is 1.60. The number of anilines is 1. The van der Waals surface area contributed by atoms with E-state index in [4.69, 9.17) is 10.5 Å². The van der Waals surface area contributed by atoms with Crippen LogP contribution in [-0.2, 0) is 14.8 Å². The molecule has 1 aliphatic rings. The highest BCUT2D eigenvalue weighted by Gasteiger charge is 2.33. The molecule has 3 N–H and O–H groups in total. The molecule has 112 valence electrons. The summed E-state index contributed by atoms with van der Waals surface area (Å²) < 4.78 is 33.6. The number of nitrogen functional groups attached to an aromatic ring is 1. The zero-order valence-corrected chi connectivity index (χ0v) is 13.9. The van der Waals surface area contributed by atoms with Crippen LogP contribution in [0.5, 0.6) is 0 Å². The lowest BCUT2D eigenvalue weighted by Gasteiger charge is -2.35. The summed E-state index contributed by atoms with van der Waals surface area (Å²) in [5.74, 6) is 0. The summed E-state index contributed by atoms with van der Waals surface area (Å²) >= 11 is 3.27. The lowest BCUT2D eigenvalue weighted by atomic mass is 9.90. The fourth-order valence-electron chi connectivity index (χ4n) is 2.27. The second-order valence-corrected chi connectivity index (χ2v) is 7.58. The second-order valence-electron chi connectivity index (χ2n) is 4.99. The molecule has 1 aliphatic carbocycles. The summed E-state index contributed by atoms with van der Waals surface area (Å²) in [7, 11) is -3.55. The summed E-state index contributed by atoms with van der Waals surface area (Å²) in [6.45, 7) is 4.30. The molecule has 20 heavy (non-hydrogen) atoms. The van der Waals surface area contributed by atoms with E-state index in [1.54, 1.807) is 19.1 Å². The molecule has 0 heterocycles. The molecule has 0 saturated heterocycles. The van der Waals surface area contributed by atoms with E-state index in [0.29, 0.717) is 22.3 Å². The van der Waals surface area contributed by atoms with Gasteiger partial charge in [-0.05, 0) is 44.4 Å². The summed E-state index contributed by atoms with van der Waals surface area (Å²) in [6, 6.07) is 3.21. The minimum Gasteiger partial charge on any atom is -0.398 e. The number of hydrogen-bond acceptors (Lipinski definition) is 4. The first-order chi connectivity index (χ1) is 9.33. The van der Waals surface area contributed by atoms with E-state index < -0.39 is 10.0 Å². The Kier molecular flexibility index (Phi) is 4.73. The van der Waals surface area contributed by atoms with Crippen molar-refractivity contribution < 1.29 is 13.2 Å². The molecule has 0 atom stereocenters. The van der Waals surface area contributed by atoms with Crippen molar-refractivity contribution in [2.45, 2.75) is 43.7 Å². The lowest BCUT2D eigenvalue weighted by molar-refractivity contribution is -0.00475. The number of ether oxygens (including phenoxy) is 1. The van der Waals surface area contributed by atoms with E-state index >= 15 is 0 Å². The maximum Gasteiger partial charge on any atom is 0.241 e. The lowest BCUT2D eigenvalue weighted by Crippen LogP contribution is -2.47. The molecule has 0 radical (unpaired) electrons. The van der Waals surface area contributed by atoms with Crippen LogP contribution in [0.25, 0.3) is 0 Å². The van der Waals surface area contributed by atoms with Crippen LogP contribution in [0.2, 0.25) is 0 Å². The van der Waals surface area contributed by atoms with Crippen molar-refractivity contribution >= 4 is 31.6 Å². The van der Waals surface area contributed by atoms with Gasteiger partial charge in [-0.2, -0.15) is 0 Å². The Morgan fingerprint density at radius 1 is 1.45 bits per heavy atom. The van der Waals surface area contributed by atoms with Crippen LogP contribution in [0.1, 0.15) is 25.3 Å². The Labute approximate surface area is 128 Å². The molecule has 0 bridgehead atoms. The van der Waals surface area contributed by atoms with Gasteiger partial charge in [0.15, 0.2) is 0 Å². The van der Waals surface area contributed by atoms with Crippen LogP contribution >= 0.6 is 15.9 Å². The monoisotopic (exact) mass is 362 g/mol. The zero-order valence-electron chi connectivity index (χ0n) is 11.5. The molecular formula is C13H19BrN2O3S. The topological polar surface area (TPSA) is 81.4 Å². The van der Waals surface area contributed by atoms with E-state index in [9.17, 15) is 8.42 Å². The standard InChI is InChI=1S/C13H19BrN2O3S/c1-3-19-11-6-10(7-11)16-20(17,18)13-5-9(14)4-12(15)8(13)2/h4-5,10-11,16H,3,6-7,15H2,1-2H3. The third kappa shape index (κ3) is 3.33. The van der Waals surface area contributed by atoms with Gasteiger partial charge in [0.2, 0.25) is 10.0 Å². The fraction of sp³-hybridized carbons (Fsp3) is 0.538. The molecule has 1 fully saturated rings. The molecule has 0 amide bonds. The minimum absolute atomic E-state index is 0.0591. The van der Waals surface area contributed by atoms with Gasteiger partial charge in [-0.15, -0.1) is 0 Å². The van der Waals surface area contributed by atoms with Crippen molar-refractivity contribution in [1.82, 2.24) is 4.72 Å². The van der Waals surface area contributed by atoms with Gasteiger partial charge in [-0.3, -0.25) is 0 Å². The Morgan fingerprint density at radius 3 is 2.70 bits per heavy atom. The van der Waals surface area contributed by atoms with E-state index in [-0.39, 0.29) is 17.0 Å². The van der Waals surface area contributed by atoms with Gasteiger partial charge in [0.25, 0.3) is 0 Å². The number of rotatable bonds is 5.